The molecule has 1 amide bonds. The lowest BCUT2D eigenvalue weighted by Gasteiger charge is -2.17. The summed E-state index contributed by atoms with van der Waals surface area (Å²) in [6, 6.07) is 17.1. The Hall–Kier alpha value is -3.00. The number of carbonyl (C=O) groups is 1. The molecule has 2 aromatic carbocycles. The molecule has 5 heteroatoms. The maximum Gasteiger partial charge on any atom is 0.243 e. The third-order valence-corrected chi connectivity index (χ3v) is 4.09. The van der Waals surface area contributed by atoms with Crippen LogP contribution in [0.15, 0.2) is 48.5 Å². The molecule has 0 bridgehead atoms. The molecular formula is C19H20N4O. The normalized spacial score (nSPS) is 13.4. The van der Waals surface area contributed by atoms with Crippen molar-refractivity contribution in [3.8, 4) is 6.07 Å². The van der Waals surface area contributed by atoms with Crippen molar-refractivity contribution in [1.29, 1.82) is 5.26 Å². The van der Waals surface area contributed by atoms with Gasteiger partial charge in [0.05, 0.1) is 18.2 Å². The average Bonchev–Trinajstić information content (AvgIpc) is 3.16. The Morgan fingerprint density at radius 1 is 1.00 bits per heavy atom. The van der Waals surface area contributed by atoms with Gasteiger partial charge in [0, 0.05) is 30.2 Å². The van der Waals surface area contributed by atoms with E-state index in [2.05, 4.69) is 33.7 Å². The highest BCUT2D eigenvalue weighted by Gasteiger charge is 2.12. The highest BCUT2D eigenvalue weighted by Crippen LogP contribution is 2.22. The van der Waals surface area contributed by atoms with Crippen molar-refractivity contribution in [2.24, 2.45) is 0 Å². The number of hydrogen-bond acceptors (Lipinski definition) is 4. The first-order valence-electron chi connectivity index (χ1n) is 8.13. The van der Waals surface area contributed by atoms with Gasteiger partial charge in [-0.25, -0.2) is 0 Å². The molecule has 0 atom stereocenters. The molecular weight excluding hydrogens is 300 g/mol. The zero-order chi connectivity index (χ0) is 16.8. The van der Waals surface area contributed by atoms with Gasteiger partial charge in [-0.1, -0.05) is 0 Å². The minimum atomic E-state index is -0.103. The number of nitrogens with one attached hydrogen (secondary N) is 2. The Balaban J connectivity index is 1.49. The maximum absolute atomic E-state index is 12.0. The van der Waals surface area contributed by atoms with Crippen molar-refractivity contribution >= 4 is 23.0 Å². The van der Waals surface area contributed by atoms with E-state index in [-0.39, 0.29) is 12.5 Å². The summed E-state index contributed by atoms with van der Waals surface area (Å²) < 4.78 is 0. The summed E-state index contributed by atoms with van der Waals surface area (Å²) in [4.78, 5) is 14.4. The van der Waals surface area contributed by atoms with Crippen LogP contribution in [0.3, 0.4) is 0 Å². The van der Waals surface area contributed by atoms with Crippen LogP contribution in [0.25, 0.3) is 0 Å². The molecule has 1 heterocycles. The van der Waals surface area contributed by atoms with E-state index in [0.717, 1.165) is 24.5 Å². The van der Waals surface area contributed by atoms with Crippen molar-refractivity contribution in [2.45, 2.75) is 12.8 Å². The third kappa shape index (κ3) is 4.05. The van der Waals surface area contributed by atoms with Gasteiger partial charge in [-0.05, 0) is 61.4 Å². The lowest BCUT2D eigenvalue weighted by Crippen LogP contribution is -2.22. The van der Waals surface area contributed by atoms with E-state index in [9.17, 15) is 4.79 Å². The zero-order valence-corrected chi connectivity index (χ0v) is 13.5. The lowest BCUT2D eigenvalue weighted by atomic mass is 10.2. The second-order valence-electron chi connectivity index (χ2n) is 5.83. The molecule has 0 saturated carbocycles. The molecule has 24 heavy (non-hydrogen) atoms. The number of carbonyl (C=O) groups excluding carboxylic acids is 1. The fourth-order valence-electron chi connectivity index (χ4n) is 2.78. The Kier molecular flexibility index (Phi) is 4.97. The molecule has 1 aliphatic heterocycles. The van der Waals surface area contributed by atoms with Crippen molar-refractivity contribution < 1.29 is 4.79 Å². The third-order valence-electron chi connectivity index (χ3n) is 4.09. The standard InChI is InChI=1S/C19H20N4O/c20-13-15-3-5-16(6-4-15)21-14-19(24)22-17-7-9-18(10-8-17)23-11-1-2-12-23/h3-10,21H,1-2,11-12,14H2,(H,22,24). The highest BCUT2D eigenvalue weighted by atomic mass is 16.1. The van der Waals surface area contributed by atoms with Gasteiger partial charge in [-0.15, -0.1) is 0 Å². The highest BCUT2D eigenvalue weighted by molar-refractivity contribution is 5.93. The summed E-state index contributed by atoms with van der Waals surface area (Å²) >= 11 is 0. The summed E-state index contributed by atoms with van der Waals surface area (Å²) in [5.74, 6) is -0.103. The monoisotopic (exact) mass is 320 g/mol. The van der Waals surface area contributed by atoms with Crippen LogP contribution in [0.5, 0.6) is 0 Å². The van der Waals surface area contributed by atoms with Crippen LogP contribution >= 0.6 is 0 Å². The number of hydrogen-bond donors (Lipinski definition) is 2. The average molecular weight is 320 g/mol. The van der Waals surface area contributed by atoms with Crippen LogP contribution in [0, 0.1) is 11.3 Å². The Bertz CT molecular complexity index is 725. The van der Waals surface area contributed by atoms with E-state index in [1.165, 1.54) is 18.5 Å². The van der Waals surface area contributed by atoms with Crippen LogP contribution in [-0.4, -0.2) is 25.5 Å². The van der Waals surface area contributed by atoms with Gasteiger partial charge in [0.1, 0.15) is 0 Å². The number of amides is 1. The summed E-state index contributed by atoms with van der Waals surface area (Å²) in [6.07, 6.45) is 2.50. The molecule has 1 saturated heterocycles. The molecule has 1 fully saturated rings. The summed E-state index contributed by atoms with van der Waals surface area (Å²) in [5.41, 5.74) is 3.42. The van der Waals surface area contributed by atoms with Gasteiger partial charge < -0.3 is 15.5 Å². The molecule has 0 spiro atoms. The second kappa shape index (κ2) is 7.51. The zero-order valence-electron chi connectivity index (χ0n) is 13.5. The van der Waals surface area contributed by atoms with E-state index >= 15 is 0 Å². The number of nitriles is 1. The second-order valence-corrected chi connectivity index (χ2v) is 5.83. The number of rotatable bonds is 5. The van der Waals surface area contributed by atoms with Crippen LogP contribution in [0.4, 0.5) is 17.1 Å². The minimum Gasteiger partial charge on any atom is -0.376 e. The molecule has 0 unspecified atom stereocenters. The van der Waals surface area contributed by atoms with E-state index < -0.39 is 0 Å². The van der Waals surface area contributed by atoms with Crippen LogP contribution in [-0.2, 0) is 4.79 Å². The number of nitrogens with zero attached hydrogens (tertiary/aromatic N) is 2. The number of benzene rings is 2. The smallest absolute Gasteiger partial charge is 0.243 e. The summed E-state index contributed by atoms with van der Waals surface area (Å²) in [6.45, 7) is 2.40. The van der Waals surface area contributed by atoms with Crippen molar-refractivity contribution in [2.75, 3.05) is 35.2 Å². The van der Waals surface area contributed by atoms with Gasteiger partial charge in [0.15, 0.2) is 0 Å². The van der Waals surface area contributed by atoms with E-state index in [0.29, 0.717) is 5.56 Å². The topological polar surface area (TPSA) is 68.2 Å². The first kappa shape index (κ1) is 15.9. The SMILES string of the molecule is N#Cc1ccc(NCC(=O)Nc2ccc(N3CCCC3)cc2)cc1. The van der Waals surface area contributed by atoms with E-state index in [1.807, 2.05) is 12.1 Å². The quantitative estimate of drug-likeness (QED) is 0.887. The molecule has 5 nitrogen and oxygen atoms in total. The minimum absolute atomic E-state index is 0.103. The fraction of sp³-hybridized carbons (Fsp3) is 0.263. The molecule has 2 N–H and O–H groups in total. The lowest BCUT2D eigenvalue weighted by molar-refractivity contribution is -0.114. The Morgan fingerprint density at radius 3 is 2.25 bits per heavy atom. The molecule has 1 aliphatic rings. The molecule has 0 radical (unpaired) electrons. The van der Waals surface area contributed by atoms with Crippen molar-refractivity contribution in [3.63, 3.8) is 0 Å². The molecule has 0 aromatic heterocycles. The van der Waals surface area contributed by atoms with Gasteiger partial charge in [-0.2, -0.15) is 5.26 Å². The van der Waals surface area contributed by atoms with Crippen molar-refractivity contribution in [3.05, 3.63) is 54.1 Å². The first-order valence-corrected chi connectivity index (χ1v) is 8.13. The van der Waals surface area contributed by atoms with E-state index in [1.54, 1.807) is 24.3 Å². The number of anilines is 3. The van der Waals surface area contributed by atoms with Crippen LogP contribution in [0.2, 0.25) is 0 Å². The van der Waals surface area contributed by atoms with Gasteiger partial charge in [-0.3, -0.25) is 4.79 Å². The fourth-order valence-corrected chi connectivity index (χ4v) is 2.78. The molecule has 2 aromatic rings. The van der Waals surface area contributed by atoms with Crippen LogP contribution in [0.1, 0.15) is 18.4 Å². The Labute approximate surface area is 141 Å². The predicted molar refractivity (Wildman–Crippen MR) is 96.2 cm³/mol. The first-order chi connectivity index (χ1) is 11.7. The molecule has 3 rings (SSSR count). The van der Waals surface area contributed by atoms with Gasteiger partial charge in [0.2, 0.25) is 5.91 Å². The van der Waals surface area contributed by atoms with Gasteiger partial charge >= 0.3 is 0 Å². The summed E-state index contributed by atoms with van der Waals surface area (Å²) in [7, 11) is 0. The van der Waals surface area contributed by atoms with E-state index in [4.69, 9.17) is 5.26 Å². The summed E-state index contributed by atoms with van der Waals surface area (Å²) in [5, 5.41) is 14.7. The van der Waals surface area contributed by atoms with Crippen LogP contribution < -0.4 is 15.5 Å². The largest absolute Gasteiger partial charge is 0.376 e. The van der Waals surface area contributed by atoms with Gasteiger partial charge in [0.25, 0.3) is 0 Å². The Morgan fingerprint density at radius 2 is 1.62 bits per heavy atom. The molecule has 122 valence electrons. The predicted octanol–water partition coefficient (Wildman–Crippen LogP) is 3.21. The molecule has 0 aliphatic carbocycles. The maximum atomic E-state index is 12.0. The van der Waals surface area contributed by atoms with Crippen molar-refractivity contribution in [1.82, 2.24) is 0 Å².